The third-order valence-corrected chi connectivity index (χ3v) is 5.78. The van der Waals surface area contributed by atoms with Crippen molar-refractivity contribution >= 4 is 16.9 Å². The molecule has 2 heterocycles. The number of esters is 1. The predicted molar refractivity (Wildman–Crippen MR) is 123 cm³/mol. The zero-order chi connectivity index (χ0) is 27.0. The summed E-state index contributed by atoms with van der Waals surface area (Å²) in [6, 6.07) is 7.00. The SMILES string of the molecule is C[C@@H](O[C@H]1O[C@@H](CO)[C@H](O)[C@@H](O)[C@@H]1O)C(=O)Oc1cc(O)c2c(=O)cc(-c3ccc(O)c(O)c3)oc2c1. The van der Waals surface area contributed by atoms with Crippen molar-refractivity contribution in [3.63, 3.8) is 0 Å². The van der Waals surface area contributed by atoms with Crippen LogP contribution in [0.3, 0.4) is 0 Å². The minimum atomic E-state index is -1.73. The average Bonchev–Trinajstić information content (AvgIpc) is 2.85. The standard InChI is InChI=1S/C24H24O13/c1-9(34-24-22(32)21(31)20(30)18(8-25)37-24)23(33)35-11-5-14(28)19-15(29)7-16(36-17(19)6-11)10-2-3-12(26)13(27)4-10/h2-7,9,18,20-22,24-28,30-32H,8H2,1H3/t9-,18+,20+,21-,22+,24+/m1/s1. The molecule has 0 saturated carbocycles. The van der Waals surface area contributed by atoms with E-state index in [0.717, 1.165) is 12.1 Å². The molecule has 1 aromatic heterocycles. The Morgan fingerprint density at radius 3 is 2.38 bits per heavy atom. The van der Waals surface area contributed by atoms with Crippen LogP contribution in [0.15, 0.2) is 45.6 Å². The van der Waals surface area contributed by atoms with Crippen molar-refractivity contribution in [1.82, 2.24) is 0 Å². The summed E-state index contributed by atoms with van der Waals surface area (Å²) in [6.45, 7) is 0.567. The molecule has 0 bridgehead atoms. The first-order valence-corrected chi connectivity index (χ1v) is 11.0. The fraction of sp³-hybridized carbons (Fsp3) is 0.333. The van der Waals surface area contributed by atoms with Crippen molar-refractivity contribution in [2.45, 2.75) is 43.7 Å². The molecule has 1 saturated heterocycles. The lowest BCUT2D eigenvalue weighted by molar-refractivity contribution is -0.308. The van der Waals surface area contributed by atoms with Crippen LogP contribution in [0.25, 0.3) is 22.3 Å². The summed E-state index contributed by atoms with van der Waals surface area (Å²) in [5, 5.41) is 68.4. The highest BCUT2D eigenvalue weighted by atomic mass is 16.7. The number of benzene rings is 2. The average molecular weight is 520 g/mol. The quantitative estimate of drug-likeness (QED) is 0.126. The van der Waals surface area contributed by atoms with E-state index in [4.69, 9.17) is 18.6 Å². The van der Waals surface area contributed by atoms with Crippen molar-refractivity contribution < 1.29 is 59.2 Å². The van der Waals surface area contributed by atoms with E-state index in [0.29, 0.717) is 0 Å². The number of fused-ring (bicyclic) bond motifs is 1. The number of carbonyl (C=O) groups excluding carboxylic acids is 1. The van der Waals surface area contributed by atoms with Crippen LogP contribution in [-0.2, 0) is 14.3 Å². The number of ether oxygens (including phenoxy) is 3. The van der Waals surface area contributed by atoms with Crippen LogP contribution in [0.2, 0.25) is 0 Å². The van der Waals surface area contributed by atoms with Crippen molar-refractivity contribution in [1.29, 1.82) is 0 Å². The molecule has 198 valence electrons. The normalized spacial score (nSPS) is 24.6. The van der Waals surface area contributed by atoms with E-state index < -0.39 is 66.3 Å². The van der Waals surface area contributed by atoms with Gasteiger partial charge in [-0.3, -0.25) is 4.79 Å². The zero-order valence-corrected chi connectivity index (χ0v) is 19.2. The predicted octanol–water partition coefficient (Wildman–Crippen LogP) is -0.313. The molecular formula is C24H24O13. The van der Waals surface area contributed by atoms with Gasteiger partial charge in [-0.25, -0.2) is 4.79 Å². The number of carbonyl (C=O) groups is 1. The minimum absolute atomic E-state index is 0.00463. The van der Waals surface area contributed by atoms with Crippen molar-refractivity contribution in [2.24, 2.45) is 0 Å². The minimum Gasteiger partial charge on any atom is -0.507 e. The molecule has 37 heavy (non-hydrogen) atoms. The van der Waals surface area contributed by atoms with Crippen LogP contribution in [-0.4, -0.2) is 85.1 Å². The summed E-state index contributed by atoms with van der Waals surface area (Å²) in [5.74, 6) is -2.62. The maximum Gasteiger partial charge on any atom is 0.340 e. The number of phenolic OH excluding ortho intramolecular Hbond substituents is 3. The van der Waals surface area contributed by atoms with E-state index in [1.54, 1.807) is 0 Å². The molecule has 1 aliphatic rings. The van der Waals surface area contributed by atoms with E-state index in [9.17, 15) is 45.3 Å². The van der Waals surface area contributed by atoms with Crippen molar-refractivity contribution in [3.8, 4) is 34.3 Å². The van der Waals surface area contributed by atoms with Gasteiger partial charge in [0.1, 0.15) is 52.6 Å². The highest BCUT2D eigenvalue weighted by Crippen LogP contribution is 2.34. The highest BCUT2D eigenvalue weighted by molar-refractivity contribution is 5.87. The van der Waals surface area contributed by atoms with Gasteiger partial charge in [-0.05, 0) is 25.1 Å². The van der Waals surface area contributed by atoms with Crippen molar-refractivity contribution in [3.05, 3.63) is 46.6 Å². The molecule has 1 fully saturated rings. The van der Waals surface area contributed by atoms with Crippen LogP contribution in [0.1, 0.15) is 6.92 Å². The second-order valence-electron chi connectivity index (χ2n) is 8.39. The number of aliphatic hydroxyl groups is 4. The zero-order valence-electron chi connectivity index (χ0n) is 19.2. The van der Waals surface area contributed by atoms with E-state index in [-0.39, 0.29) is 33.8 Å². The molecule has 0 aliphatic carbocycles. The maximum atomic E-state index is 12.6. The van der Waals surface area contributed by atoms with Gasteiger partial charge in [0, 0.05) is 23.8 Å². The Morgan fingerprint density at radius 2 is 1.70 bits per heavy atom. The molecule has 4 rings (SSSR count). The van der Waals surface area contributed by atoms with Crippen LogP contribution >= 0.6 is 0 Å². The van der Waals surface area contributed by atoms with Gasteiger partial charge in [0.25, 0.3) is 0 Å². The third kappa shape index (κ3) is 5.22. The summed E-state index contributed by atoms with van der Waals surface area (Å²) in [5.41, 5.74) is -0.531. The second kappa shape index (κ2) is 10.3. The number of phenols is 3. The first-order chi connectivity index (χ1) is 17.5. The second-order valence-corrected chi connectivity index (χ2v) is 8.39. The largest absolute Gasteiger partial charge is 0.507 e. The number of hydrogen-bond acceptors (Lipinski definition) is 13. The smallest absolute Gasteiger partial charge is 0.340 e. The Balaban J connectivity index is 1.56. The van der Waals surface area contributed by atoms with Gasteiger partial charge >= 0.3 is 5.97 Å². The fourth-order valence-corrected chi connectivity index (χ4v) is 3.76. The molecule has 0 spiro atoms. The molecule has 0 radical (unpaired) electrons. The Morgan fingerprint density at radius 1 is 0.973 bits per heavy atom. The number of aromatic hydroxyl groups is 3. The molecule has 0 unspecified atom stereocenters. The topological polar surface area (TPSA) is 217 Å². The van der Waals surface area contributed by atoms with Gasteiger partial charge in [-0.1, -0.05) is 0 Å². The van der Waals surface area contributed by atoms with E-state index >= 15 is 0 Å². The van der Waals surface area contributed by atoms with Gasteiger partial charge in [-0.15, -0.1) is 0 Å². The number of rotatable bonds is 6. The molecule has 13 nitrogen and oxygen atoms in total. The summed E-state index contributed by atoms with van der Waals surface area (Å²) < 4.78 is 21.4. The van der Waals surface area contributed by atoms with Crippen LogP contribution < -0.4 is 10.2 Å². The van der Waals surface area contributed by atoms with E-state index in [1.807, 2.05) is 0 Å². The fourth-order valence-electron chi connectivity index (χ4n) is 3.76. The molecule has 6 atom stereocenters. The number of hydrogen-bond donors (Lipinski definition) is 7. The number of aliphatic hydroxyl groups excluding tert-OH is 4. The summed E-state index contributed by atoms with van der Waals surface area (Å²) in [6.07, 6.45) is -9.25. The molecule has 0 amide bonds. The lowest BCUT2D eigenvalue weighted by Crippen LogP contribution is -2.60. The molecular weight excluding hydrogens is 496 g/mol. The van der Waals surface area contributed by atoms with Gasteiger partial charge in [-0.2, -0.15) is 0 Å². The van der Waals surface area contributed by atoms with E-state index in [2.05, 4.69) is 0 Å². The lowest BCUT2D eigenvalue weighted by Gasteiger charge is -2.40. The Hall–Kier alpha value is -3.72. The monoisotopic (exact) mass is 520 g/mol. The van der Waals surface area contributed by atoms with Crippen LogP contribution in [0.4, 0.5) is 0 Å². The van der Waals surface area contributed by atoms with Crippen LogP contribution in [0.5, 0.6) is 23.0 Å². The summed E-state index contributed by atoms with van der Waals surface area (Å²) in [7, 11) is 0. The van der Waals surface area contributed by atoms with Gasteiger partial charge in [0.2, 0.25) is 0 Å². The molecule has 1 aliphatic heterocycles. The van der Waals surface area contributed by atoms with Crippen LogP contribution in [0, 0.1) is 0 Å². The van der Waals surface area contributed by atoms with E-state index in [1.165, 1.54) is 31.2 Å². The van der Waals surface area contributed by atoms with Gasteiger partial charge in [0.05, 0.1) is 6.61 Å². The lowest BCUT2D eigenvalue weighted by atomic mass is 9.99. The maximum absolute atomic E-state index is 12.6. The van der Waals surface area contributed by atoms with Gasteiger partial charge in [0.15, 0.2) is 29.3 Å². The molecule has 2 aromatic carbocycles. The van der Waals surface area contributed by atoms with Gasteiger partial charge < -0.3 is 54.4 Å². The highest BCUT2D eigenvalue weighted by Gasteiger charge is 2.45. The molecule has 7 N–H and O–H groups in total. The molecule has 3 aromatic rings. The Kier molecular flexibility index (Phi) is 7.36. The first kappa shape index (κ1) is 26.3. The Labute approximate surface area is 207 Å². The third-order valence-electron chi connectivity index (χ3n) is 5.78. The van der Waals surface area contributed by atoms with Crippen molar-refractivity contribution in [2.75, 3.05) is 6.61 Å². The summed E-state index contributed by atoms with van der Waals surface area (Å²) >= 11 is 0. The summed E-state index contributed by atoms with van der Waals surface area (Å²) in [4.78, 5) is 25.2. The first-order valence-electron chi connectivity index (χ1n) is 11.0. The molecule has 13 heteroatoms. The Bertz CT molecular complexity index is 1360.